The average Bonchev–Trinajstić information content (AvgIpc) is 2.20. The lowest BCUT2D eigenvalue weighted by atomic mass is 10.0. The van der Waals surface area contributed by atoms with Crippen molar-refractivity contribution in [2.24, 2.45) is 0 Å². The van der Waals surface area contributed by atoms with Crippen LogP contribution >= 0.6 is 0 Å². The van der Waals surface area contributed by atoms with Gasteiger partial charge in [0.1, 0.15) is 11.6 Å². The van der Waals surface area contributed by atoms with Crippen molar-refractivity contribution in [3.05, 3.63) is 38.9 Å². The quantitative estimate of drug-likeness (QED) is 0.539. The zero-order chi connectivity index (χ0) is 11.4. The summed E-state index contributed by atoms with van der Waals surface area (Å²) in [6, 6.07) is 6.62. The number of hydrogen-bond donors (Lipinski definition) is 0. The Bertz CT molecular complexity index is 495. The number of nitrogens with zero attached hydrogens (tertiary/aromatic N) is 3. The zero-order valence-electron chi connectivity index (χ0n) is 8.02. The largest absolute Gasteiger partial charge is 0.291 e. The second kappa shape index (κ2) is 4.21. The van der Waals surface area contributed by atoms with Gasteiger partial charge in [0.05, 0.1) is 17.4 Å². The first-order chi connectivity index (χ1) is 7.11. The molecular formula is C10H7N3O2. The van der Waals surface area contributed by atoms with Crippen LogP contribution in [0.25, 0.3) is 0 Å². The van der Waals surface area contributed by atoms with Crippen LogP contribution in [-0.4, -0.2) is 4.92 Å². The van der Waals surface area contributed by atoms with Crippen LogP contribution in [0.1, 0.15) is 16.7 Å². The van der Waals surface area contributed by atoms with E-state index >= 15 is 0 Å². The summed E-state index contributed by atoms with van der Waals surface area (Å²) in [7, 11) is 0. The molecule has 1 aromatic carbocycles. The van der Waals surface area contributed by atoms with Gasteiger partial charge in [0.15, 0.2) is 0 Å². The highest BCUT2D eigenvalue weighted by atomic mass is 16.6. The molecule has 1 aromatic rings. The van der Waals surface area contributed by atoms with Gasteiger partial charge >= 0.3 is 0 Å². The SMILES string of the molecule is Cc1ccc(C#N)c([N+](=O)[O-])c1CC#N. The summed E-state index contributed by atoms with van der Waals surface area (Å²) < 4.78 is 0. The minimum Gasteiger partial charge on any atom is -0.258 e. The van der Waals surface area contributed by atoms with E-state index in [9.17, 15) is 10.1 Å². The number of nitriles is 2. The van der Waals surface area contributed by atoms with Crippen molar-refractivity contribution in [2.45, 2.75) is 13.3 Å². The Labute approximate surface area is 86.3 Å². The van der Waals surface area contributed by atoms with E-state index in [1.807, 2.05) is 6.07 Å². The lowest BCUT2D eigenvalue weighted by Gasteiger charge is -2.03. The fourth-order valence-corrected chi connectivity index (χ4v) is 1.34. The lowest BCUT2D eigenvalue weighted by Crippen LogP contribution is -2.00. The molecule has 0 heterocycles. The summed E-state index contributed by atoms with van der Waals surface area (Å²) in [6.07, 6.45) is -0.0579. The molecule has 0 amide bonds. The van der Waals surface area contributed by atoms with E-state index in [4.69, 9.17) is 10.5 Å². The van der Waals surface area contributed by atoms with Gasteiger partial charge in [-0.25, -0.2) is 0 Å². The van der Waals surface area contributed by atoms with Gasteiger partial charge in [-0.15, -0.1) is 0 Å². The highest BCUT2D eigenvalue weighted by molar-refractivity contribution is 5.57. The van der Waals surface area contributed by atoms with Gasteiger partial charge in [-0.2, -0.15) is 10.5 Å². The normalized spacial score (nSPS) is 9.00. The molecule has 0 saturated heterocycles. The van der Waals surface area contributed by atoms with Crippen LogP contribution in [-0.2, 0) is 6.42 Å². The zero-order valence-corrected chi connectivity index (χ0v) is 8.02. The van der Waals surface area contributed by atoms with Crippen molar-refractivity contribution >= 4 is 5.69 Å². The second-order valence-corrected chi connectivity index (χ2v) is 2.96. The topological polar surface area (TPSA) is 90.7 Å². The third kappa shape index (κ3) is 1.92. The third-order valence-electron chi connectivity index (χ3n) is 2.08. The highest BCUT2D eigenvalue weighted by Crippen LogP contribution is 2.26. The Kier molecular flexibility index (Phi) is 3.00. The van der Waals surface area contributed by atoms with Gasteiger partial charge in [0.2, 0.25) is 0 Å². The van der Waals surface area contributed by atoms with Gasteiger partial charge in [0.25, 0.3) is 5.69 Å². The van der Waals surface area contributed by atoms with Crippen molar-refractivity contribution in [1.82, 2.24) is 0 Å². The number of rotatable bonds is 2. The molecular weight excluding hydrogens is 194 g/mol. The molecule has 15 heavy (non-hydrogen) atoms. The van der Waals surface area contributed by atoms with Crippen molar-refractivity contribution in [3.63, 3.8) is 0 Å². The molecule has 0 saturated carbocycles. The predicted molar refractivity (Wildman–Crippen MR) is 51.9 cm³/mol. The summed E-state index contributed by atoms with van der Waals surface area (Å²) in [5.41, 5.74) is 0.721. The first-order valence-corrected chi connectivity index (χ1v) is 4.15. The molecule has 0 N–H and O–H groups in total. The van der Waals surface area contributed by atoms with E-state index in [0.29, 0.717) is 11.1 Å². The summed E-state index contributed by atoms with van der Waals surface area (Å²) in [5.74, 6) is 0. The Morgan fingerprint density at radius 3 is 2.60 bits per heavy atom. The van der Waals surface area contributed by atoms with E-state index in [1.54, 1.807) is 19.1 Å². The molecule has 0 aliphatic heterocycles. The number of hydrogen-bond acceptors (Lipinski definition) is 4. The molecule has 0 aliphatic carbocycles. The van der Waals surface area contributed by atoms with Crippen LogP contribution in [0.15, 0.2) is 12.1 Å². The van der Waals surface area contributed by atoms with Gasteiger partial charge < -0.3 is 0 Å². The lowest BCUT2D eigenvalue weighted by molar-refractivity contribution is -0.385. The number of nitro groups is 1. The molecule has 0 bridgehead atoms. The van der Waals surface area contributed by atoms with Crippen molar-refractivity contribution in [3.8, 4) is 12.1 Å². The maximum Gasteiger partial charge on any atom is 0.291 e. The third-order valence-corrected chi connectivity index (χ3v) is 2.08. The van der Waals surface area contributed by atoms with E-state index < -0.39 is 4.92 Å². The number of nitro benzene ring substituents is 1. The highest BCUT2D eigenvalue weighted by Gasteiger charge is 2.21. The minimum absolute atomic E-state index is 0.00384. The van der Waals surface area contributed by atoms with Crippen LogP contribution in [0.3, 0.4) is 0 Å². The van der Waals surface area contributed by atoms with Gasteiger partial charge in [-0.1, -0.05) is 6.07 Å². The second-order valence-electron chi connectivity index (χ2n) is 2.96. The predicted octanol–water partition coefficient (Wildman–Crippen LogP) is 1.84. The maximum atomic E-state index is 10.8. The fraction of sp³-hybridized carbons (Fsp3) is 0.200. The molecule has 74 valence electrons. The molecule has 1 rings (SSSR count). The van der Waals surface area contributed by atoms with Crippen molar-refractivity contribution < 1.29 is 4.92 Å². The first kappa shape index (κ1) is 10.7. The first-order valence-electron chi connectivity index (χ1n) is 4.15. The Morgan fingerprint density at radius 2 is 2.13 bits per heavy atom. The average molecular weight is 201 g/mol. The van der Waals surface area contributed by atoms with E-state index in [-0.39, 0.29) is 17.7 Å². The standard InChI is InChI=1S/C10H7N3O2/c1-7-2-3-8(6-12)10(13(14)15)9(7)4-5-11/h2-3H,4H2,1H3. The monoisotopic (exact) mass is 201 g/mol. The summed E-state index contributed by atoms with van der Waals surface area (Å²) in [4.78, 5) is 10.2. The molecule has 0 aromatic heterocycles. The summed E-state index contributed by atoms with van der Waals surface area (Å²) in [6.45, 7) is 1.68. The van der Waals surface area contributed by atoms with Crippen LogP contribution in [0.2, 0.25) is 0 Å². The van der Waals surface area contributed by atoms with Crippen LogP contribution < -0.4 is 0 Å². The van der Waals surface area contributed by atoms with Crippen LogP contribution in [0.5, 0.6) is 0 Å². The Balaban J connectivity index is 3.54. The van der Waals surface area contributed by atoms with Crippen LogP contribution in [0.4, 0.5) is 5.69 Å². The van der Waals surface area contributed by atoms with Crippen molar-refractivity contribution in [1.29, 1.82) is 10.5 Å². The molecule has 5 heteroatoms. The summed E-state index contributed by atoms with van der Waals surface area (Å²) >= 11 is 0. The van der Waals surface area contributed by atoms with Crippen molar-refractivity contribution in [2.75, 3.05) is 0 Å². The van der Waals surface area contributed by atoms with Gasteiger partial charge in [-0.05, 0) is 18.6 Å². The molecule has 0 fully saturated rings. The minimum atomic E-state index is -0.613. The Hall–Kier alpha value is -2.40. The molecule has 0 unspecified atom stereocenters. The molecule has 0 atom stereocenters. The summed E-state index contributed by atoms with van der Waals surface area (Å²) in [5, 5.41) is 28.0. The fourth-order valence-electron chi connectivity index (χ4n) is 1.34. The smallest absolute Gasteiger partial charge is 0.258 e. The van der Waals surface area contributed by atoms with E-state index in [0.717, 1.165) is 0 Å². The molecule has 0 aliphatic rings. The van der Waals surface area contributed by atoms with E-state index in [2.05, 4.69) is 0 Å². The van der Waals surface area contributed by atoms with Gasteiger partial charge in [-0.3, -0.25) is 10.1 Å². The molecule has 0 radical (unpaired) electrons. The van der Waals surface area contributed by atoms with Crippen LogP contribution in [0, 0.1) is 39.7 Å². The number of benzene rings is 1. The Morgan fingerprint density at radius 1 is 1.47 bits per heavy atom. The number of aryl methyl sites for hydroxylation is 1. The maximum absolute atomic E-state index is 10.8. The molecule has 0 spiro atoms. The van der Waals surface area contributed by atoms with Gasteiger partial charge in [0, 0.05) is 5.56 Å². The van der Waals surface area contributed by atoms with E-state index in [1.165, 1.54) is 6.07 Å². The molecule has 5 nitrogen and oxygen atoms in total.